The van der Waals surface area contributed by atoms with Crippen molar-refractivity contribution in [3.8, 4) is 0 Å². The molecule has 1 aromatic rings. The molecule has 0 bridgehead atoms. The van der Waals surface area contributed by atoms with Crippen LogP contribution in [0.25, 0.3) is 0 Å². The van der Waals surface area contributed by atoms with E-state index < -0.39 is 0 Å². The van der Waals surface area contributed by atoms with Gasteiger partial charge in [0.15, 0.2) is 0 Å². The van der Waals surface area contributed by atoms with Gasteiger partial charge in [-0.3, -0.25) is 4.98 Å². The van der Waals surface area contributed by atoms with E-state index in [4.69, 9.17) is 0 Å². The van der Waals surface area contributed by atoms with Crippen LogP contribution in [-0.4, -0.2) is 24.7 Å². The van der Waals surface area contributed by atoms with E-state index in [-0.39, 0.29) is 5.82 Å². The molecule has 1 saturated heterocycles. The number of rotatable bonds is 2. The molecular formula is C12H18FN3. The lowest BCUT2D eigenvalue weighted by atomic mass is 10.2. The monoisotopic (exact) mass is 223 g/mol. The fraction of sp³-hybridized carbons (Fsp3) is 0.583. The summed E-state index contributed by atoms with van der Waals surface area (Å²) in [4.78, 5) is 6.13. The summed E-state index contributed by atoms with van der Waals surface area (Å²) >= 11 is 0. The van der Waals surface area contributed by atoms with Crippen molar-refractivity contribution in [2.24, 2.45) is 0 Å². The second-order valence-electron chi connectivity index (χ2n) is 4.21. The number of hydrogen-bond donors (Lipinski definition) is 1. The Bertz CT molecular complexity index is 343. The first-order chi connectivity index (χ1) is 7.81. The molecule has 1 fully saturated rings. The Balaban J connectivity index is 2.21. The highest BCUT2D eigenvalue weighted by Crippen LogP contribution is 2.22. The number of nitrogens with one attached hydrogen (secondary N) is 1. The average molecular weight is 223 g/mol. The number of pyridine rings is 1. The first-order valence-corrected chi connectivity index (χ1v) is 5.86. The van der Waals surface area contributed by atoms with Crippen LogP contribution in [0.4, 0.5) is 10.1 Å². The minimum Gasteiger partial charge on any atom is -0.355 e. The van der Waals surface area contributed by atoms with Crippen molar-refractivity contribution in [2.45, 2.75) is 31.8 Å². The summed E-state index contributed by atoms with van der Waals surface area (Å²) in [6.45, 7) is 0.969. The Labute approximate surface area is 95.7 Å². The Hall–Kier alpha value is -1.16. The third-order valence-electron chi connectivity index (χ3n) is 3.11. The third kappa shape index (κ3) is 2.50. The largest absolute Gasteiger partial charge is 0.355 e. The molecule has 16 heavy (non-hydrogen) atoms. The average Bonchev–Trinajstić information content (AvgIpc) is 2.53. The Kier molecular flexibility index (Phi) is 3.72. The maximum Gasteiger partial charge on any atom is 0.143 e. The van der Waals surface area contributed by atoms with Gasteiger partial charge in [0.25, 0.3) is 0 Å². The van der Waals surface area contributed by atoms with Crippen LogP contribution in [0, 0.1) is 5.82 Å². The highest BCUT2D eigenvalue weighted by Gasteiger charge is 2.20. The molecule has 2 rings (SSSR count). The zero-order valence-corrected chi connectivity index (χ0v) is 9.62. The molecule has 0 aliphatic carbocycles. The molecule has 4 heteroatoms. The van der Waals surface area contributed by atoms with Gasteiger partial charge in [-0.15, -0.1) is 0 Å². The maximum absolute atomic E-state index is 13.1. The van der Waals surface area contributed by atoms with Crippen molar-refractivity contribution < 1.29 is 4.39 Å². The van der Waals surface area contributed by atoms with E-state index in [2.05, 4.69) is 15.2 Å². The fourth-order valence-electron chi connectivity index (χ4n) is 2.28. The van der Waals surface area contributed by atoms with Gasteiger partial charge in [0.1, 0.15) is 5.82 Å². The molecule has 3 nitrogen and oxygen atoms in total. The smallest absolute Gasteiger partial charge is 0.143 e. The predicted molar refractivity (Wildman–Crippen MR) is 62.9 cm³/mol. The van der Waals surface area contributed by atoms with Crippen LogP contribution in [0.3, 0.4) is 0 Å². The summed E-state index contributed by atoms with van der Waals surface area (Å²) in [6, 6.07) is 1.56. The summed E-state index contributed by atoms with van der Waals surface area (Å²) in [5.74, 6) is -0.267. The minimum absolute atomic E-state index is 0.267. The number of nitrogens with zero attached hydrogens (tertiary/aromatic N) is 2. The number of hydrogen-bond acceptors (Lipinski definition) is 3. The van der Waals surface area contributed by atoms with Gasteiger partial charge in [0.05, 0.1) is 24.2 Å². The molecule has 0 spiro atoms. The number of halogens is 1. The molecule has 2 heterocycles. The fourth-order valence-corrected chi connectivity index (χ4v) is 2.28. The molecule has 1 N–H and O–H groups in total. The molecule has 1 aliphatic heterocycles. The van der Waals surface area contributed by atoms with Crippen LogP contribution in [-0.2, 0) is 0 Å². The first kappa shape index (κ1) is 11.3. The van der Waals surface area contributed by atoms with E-state index >= 15 is 0 Å². The van der Waals surface area contributed by atoms with Gasteiger partial charge in [0, 0.05) is 12.6 Å². The van der Waals surface area contributed by atoms with E-state index in [0.29, 0.717) is 6.17 Å². The zero-order chi connectivity index (χ0) is 11.4. The molecule has 1 aliphatic rings. The predicted octanol–water partition coefficient (Wildman–Crippen LogP) is 2.15. The van der Waals surface area contributed by atoms with Gasteiger partial charge in [-0.1, -0.05) is 6.42 Å². The molecule has 1 aromatic heterocycles. The number of aromatic nitrogens is 1. The molecule has 0 aromatic carbocycles. The first-order valence-electron chi connectivity index (χ1n) is 5.86. The van der Waals surface area contributed by atoms with Crippen LogP contribution in [0.1, 0.15) is 25.7 Å². The Morgan fingerprint density at radius 2 is 2.25 bits per heavy atom. The molecule has 0 amide bonds. The maximum atomic E-state index is 13.1. The Morgan fingerprint density at radius 1 is 1.38 bits per heavy atom. The summed E-state index contributed by atoms with van der Waals surface area (Å²) in [7, 11) is 1.95. The van der Waals surface area contributed by atoms with E-state index in [0.717, 1.165) is 25.1 Å². The van der Waals surface area contributed by atoms with Crippen molar-refractivity contribution in [1.29, 1.82) is 0 Å². The van der Waals surface area contributed by atoms with Crippen LogP contribution in [0.15, 0.2) is 18.5 Å². The van der Waals surface area contributed by atoms with E-state index in [1.165, 1.54) is 19.0 Å². The second-order valence-corrected chi connectivity index (χ2v) is 4.21. The van der Waals surface area contributed by atoms with Gasteiger partial charge in [-0.05, 0) is 26.3 Å². The Morgan fingerprint density at radius 3 is 3.00 bits per heavy atom. The van der Waals surface area contributed by atoms with Crippen LogP contribution in [0.2, 0.25) is 0 Å². The lowest BCUT2D eigenvalue weighted by molar-refractivity contribution is 0.506. The van der Waals surface area contributed by atoms with Crippen LogP contribution in [0.5, 0.6) is 0 Å². The second kappa shape index (κ2) is 5.25. The van der Waals surface area contributed by atoms with Gasteiger partial charge in [-0.25, -0.2) is 4.39 Å². The summed E-state index contributed by atoms with van der Waals surface area (Å²) in [6.07, 6.45) is 8.02. The highest BCUT2D eigenvalue weighted by atomic mass is 19.1. The SMILES string of the molecule is CNC1CCCCCN1c1cncc(F)c1. The van der Waals surface area contributed by atoms with E-state index in [1.807, 2.05) is 7.05 Å². The lowest BCUT2D eigenvalue weighted by Crippen LogP contribution is -2.43. The van der Waals surface area contributed by atoms with Crippen molar-refractivity contribution in [3.05, 3.63) is 24.3 Å². The van der Waals surface area contributed by atoms with E-state index in [1.54, 1.807) is 12.3 Å². The molecule has 0 saturated carbocycles. The van der Waals surface area contributed by atoms with Crippen LogP contribution < -0.4 is 10.2 Å². The van der Waals surface area contributed by atoms with Gasteiger partial charge >= 0.3 is 0 Å². The summed E-state index contributed by atoms with van der Waals surface area (Å²) < 4.78 is 13.1. The molecule has 1 unspecified atom stereocenters. The molecule has 1 atom stereocenters. The summed E-state index contributed by atoms with van der Waals surface area (Å²) in [5.41, 5.74) is 0.876. The zero-order valence-electron chi connectivity index (χ0n) is 9.62. The molecular weight excluding hydrogens is 205 g/mol. The van der Waals surface area contributed by atoms with Gasteiger partial charge in [0.2, 0.25) is 0 Å². The molecule has 0 radical (unpaired) electrons. The van der Waals surface area contributed by atoms with Crippen molar-refractivity contribution >= 4 is 5.69 Å². The minimum atomic E-state index is -0.267. The van der Waals surface area contributed by atoms with Crippen molar-refractivity contribution in [2.75, 3.05) is 18.5 Å². The van der Waals surface area contributed by atoms with Crippen molar-refractivity contribution in [3.63, 3.8) is 0 Å². The quantitative estimate of drug-likeness (QED) is 0.832. The van der Waals surface area contributed by atoms with Gasteiger partial charge in [-0.2, -0.15) is 0 Å². The highest BCUT2D eigenvalue weighted by molar-refractivity contribution is 5.45. The molecule has 88 valence electrons. The van der Waals surface area contributed by atoms with Crippen LogP contribution >= 0.6 is 0 Å². The van der Waals surface area contributed by atoms with E-state index in [9.17, 15) is 4.39 Å². The lowest BCUT2D eigenvalue weighted by Gasteiger charge is -2.31. The standard InChI is InChI=1S/C12H18FN3/c1-14-12-5-3-2-4-6-16(12)11-7-10(13)8-15-9-11/h7-9,12,14H,2-6H2,1H3. The third-order valence-corrected chi connectivity index (χ3v) is 3.11. The topological polar surface area (TPSA) is 28.2 Å². The summed E-state index contributed by atoms with van der Waals surface area (Å²) in [5, 5.41) is 3.29. The number of anilines is 1. The van der Waals surface area contributed by atoms with Gasteiger partial charge < -0.3 is 10.2 Å². The normalized spacial score (nSPS) is 21.9. The van der Waals surface area contributed by atoms with Crippen molar-refractivity contribution in [1.82, 2.24) is 10.3 Å².